The molecular weight excluding hydrogens is 399 g/mol. The van der Waals surface area contributed by atoms with Crippen LogP contribution in [0.2, 0.25) is 0 Å². The maximum absolute atomic E-state index is 13.0. The third kappa shape index (κ3) is 6.20. The highest BCUT2D eigenvalue weighted by molar-refractivity contribution is 5.94. The average molecular weight is 429 g/mol. The first-order valence-electron chi connectivity index (χ1n) is 10.6. The van der Waals surface area contributed by atoms with Crippen molar-refractivity contribution in [2.24, 2.45) is 0 Å². The summed E-state index contributed by atoms with van der Waals surface area (Å²) in [5, 5.41) is 3.07. The summed E-state index contributed by atoms with van der Waals surface area (Å²) in [7, 11) is 1.60. The summed E-state index contributed by atoms with van der Waals surface area (Å²) in [6, 6.07) is 11.4. The Morgan fingerprint density at radius 2 is 1.81 bits per heavy atom. The van der Waals surface area contributed by atoms with Crippen LogP contribution in [0.3, 0.4) is 0 Å². The third-order valence-corrected chi connectivity index (χ3v) is 5.41. The predicted molar refractivity (Wildman–Crippen MR) is 116 cm³/mol. The van der Waals surface area contributed by atoms with Crippen molar-refractivity contribution >= 4 is 11.8 Å². The minimum Gasteiger partial charge on any atom is -0.493 e. The number of piperidine rings is 1. The molecule has 7 heteroatoms. The molecule has 1 fully saturated rings. The largest absolute Gasteiger partial charge is 0.493 e. The number of amides is 2. The Hall–Kier alpha value is -3.09. The fourth-order valence-electron chi connectivity index (χ4n) is 3.70. The van der Waals surface area contributed by atoms with E-state index in [0.29, 0.717) is 62.4 Å². The number of hydrogen-bond acceptors (Lipinski definition) is 4. The number of carbonyl (C=O) groups is 2. The molecule has 0 aliphatic carbocycles. The molecule has 0 aromatic heterocycles. The lowest BCUT2D eigenvalue weighted by atomic mass is 10.0. The highest BCUT2D eigenvalue weighted by Crippen LogP contribution is 2.28. The van der Waals surface area contributed by atoms with E-state index < -0.39 is 0 Å². The minimum absolute atomic E-state index is 0.00355. The third-order valence-electron chi connectivity index (χ3n) is 5.41. The van der Waals surface area contributed by atoms with E-state index >= 15 is 0 Å². The Morgan fingerprint density at radius 3 is 2.45 bits per heavy atom. The average Bonchev–Trinajstić information content (AvgIpc) is 2.79. The molecule has 3 rings (SSSR count). The van der Waals surface area contributed by atoms with Crippen molar-refractivity contribution in [3.63, 3.8) is 0 Å². The summed E-state index contributed by atoms with van der Waals surface area (Å²) < 4.78 is 23.9. The van der Waals surface area contributed by atoms with Gasteiger partial charge in [0.25, 0.3) is 5.91 Å². The summed E-state index contributed by atoms with van der Waals surface area (Å²) in [5.41, 5.74) is 1.49. The summed E-state index contributed by atoms with van der Waals surface area (Å²) in [5.74, 6) is 0.894. The number of rotatable bonds is 8. The topological polar surface area (TPSA) is 67.9 Å². The van der Waals surface area contributed by atoms with Crippen molar-refractivity contribution in [2.75, 3.05) is 26.8 Å². The van der Waals surface area contributed by atoms with Crippen LogP contribution in [0.4, 0.5) is 4.39 Å². The molecule has 1 heterocycles. The van der Waals surface area contributed by atoms with E-state index in [1.807, 2.05) is 25.1 Å². The Bertz CT molecular complexity index is 893. The summed E-state index contributed by atoms with van der Waals surface area (Å²) >= 11 is 0. The molecule has 1 saturated heterocycles. The first kappa shape index (κ1) is 22.6. The summed E-state index contributed by atoms with van der Waals surface area (Å²) in [6.45, 7) is 3.61. The van der Waals surface area contributed by atoms with Crippen LogP contribution in [0.15, 0.2) is 42.5 Å². The number of aryl methyl sites for hydroxylation is 1. The number of benzene rings is 2. The molecule has 6 nitrogen and oxygen atoms in total. The van der Waals surface area contributed by atoms with Gasteiger partial charge in [-0.15, -0.1) is 0 Å². The van der Waals surface area contributed by atoms with Crippen molar-refractivity contribution in [3.05, 3.63) is 59.4 Å². The molecule has 2 aromatic carbocycles. The number of methoxy groups -OCH3 is 1. The molecule has 2 amide bonds. The maximum Gasteiger partial charge on any atom is 0.253 e. The van der Waals surface area contributed by atoms with Gasteiger partial charge in [0.1, 0.15) is 5.82 Å². The fourth-order valence-corrected chi connectivity index (χ4v) is 3.70. The molecule has 0 unspecified atom stereocenters. The van der Waals surface area contributed by atoms with Crippen molar-refractivity contribution in [2.45, 2.75) is 38.6 Å². The molecule has 0 radical (unpaired) electrons. The lowest BCUT2D eigenvalue weighted by Crippen LogP contribution is -2.46. The predicted octanol–water partition coefficient (Wildman–Crippen LogP) is 3.59. The zero-order valence-corrected chi connectivity index (χ0v) is 18.0. The molecule has 166 valence electrons. The van der Waals surface area contributed by atoms with Gasteiger partial charge in [-0.25, -0.2) is 4.39 Å². The highest BCUT2D eigenvalue weighted by atomic mass is 19.1. The number of carbonyl (C=O) groups excluding carboxylic acids is 2. The van der Waals surface area contributed by atoms with Gasteiger partial charge in [-0.3, -0.25) is 9.59 Å². The zero-order chi connectivity index (χ0) is 22.2. The van der Waals surface area contributed by atoms with Crippen molar-refractivity contribution in [3.8, 4) is 11.5 Å². The van der Waals surface area contributed by atoms with Gasteiger partial charge in [0.05, 0.1) is 13.7 Å². The van der Waals surface area contributed by atoms with Crippen LogP contribution in [0.25, 0.3) is 0 Å². The van der Waals surface area contributed by atoms with Crippen LogP contribution in [0, 0.1) is 5.82 Å². The first-order valence-corrected chi connectivity index (χ1v) is 10.6. The number of likely N-dealkylation sites (tertiary alicyclic amines) is 1. The second kappa shape index (κ2) is 10.8. The van der Waals surface area contributed by atoms with E-state index in [4.69, 9.17) is 9.47 Å². The van der Waals surface area contributed by atoms with Crippen LogP contribution in [-0.4, -0.2) is 49.6 Å². The Balaban J connectivity index is 1.44. The summed E-state index contributed by atoms with van der Waals surface area (Å²) in [4.78, 5) is 26.7. The van der Waals surface area contributed by atoms with Crippen molar-refractivity contribution in [1.29, 1.82) is 0 Å². The molecular formula is C24H29FN2O4. The van der Waals surface area contributed by atoms with Crippen LogP contribution >= 0.6 is 0 Å². The summed E-state index contributed by atoms with van der Waals surface area (Å²) in [6.07, 6.45) is 2.40. The van der Waals surface area contributed by atoms with Crippen molar-refractivity contribution < 1.29 is 23.5 Å². The number of ether oxygens (including phenoxy) is 2. The lowest BCUT2D eigenvalue weighted by Gasteiger charge is -2.32. The SMILES string of the molecule is CCOc1ccc(CCC(=O)NC2CCN(C(=O)c3ccc(F)cc3)CC2)cc1OC. The quantitative estimate of drug-likeness (QED) is 0.698. The van der Waals surface area contributed by atoms with Crippen LogP contribution < -0.4 is 14.8 Å². The van der Waals surface area contributed by atoms with Gasteiger partial charge < -0.3 is 19.7 Å². The van der Waals surface area contributed by atoms with Gasteiger partial charge in [0.2, 0.25) is 5.91 Å². The van der Waals surface area contributed by atoms with Gasteiger partial charge in [-0.05, 0) is 68.1 Å². The molecule has 1 aliphatic heterocycles. The molecule has 1 N–H and O–H groups in total. The van der Waals surface area contributed by atoms with E-state index in [1.165, 1.54) is 24.3 Å². The van der Waals surface area contributed by atoms with Gasteiger partial charge >= 0.3 is 0 Å². The van der Waals surface area contributed by atoms with Crippen molar-refractivity contribution in [1.82, 2.24) is 10.2 Å². The van der Waals surface area contributed by atoms with E-state index in [2.05, 4.69) is 5.32 Å². The molecule has 2 aromatic rings. The Kier molecular flexibility index (Phi) is 7.87. The van der Waals surface area contributed by atoms with E-state index in [1.54, 1.807) is 12.0 Å². The molecule has 0 spiro atoms. The van der Waals surface area contributed by atoms with Crippen LogP contribution in [0.1, 0.15) is 42.1 Å². The van der Waals surface area contributed by atoms with E-state index in [9.17, 15) is 14.0 Å². The van der Waals surface area contributed by atoms with Gasteiger partial charge in [0.15, 0.2) is 11.5 Å². The van der Waals surface area contributed by atoms with E-state index in [0.717, 1.165) is 5.56 Å². The van der Waals surface area contributed by atoms with Gasteiger partial charge in [-0.1, -0.05) is 6.07 Å². The van der Waals surface area contributed by atoms with Gasteiger partial charge in [0, 0.05) is 31.1 Å². The van der Waals surface area contributed by atoms with Crippen LogP contribution in [0.5, 0.6) is 11.5 Å². The van der Waals surface area contributed by atoms with Gasteiger partial charge in [-0.2, -0.15) is 0 Å². The zero-order valence-electron chi connectivity index (χ0n) is 18.0. The standard InChI is InChI=1S/C24H29FN2O4/c1-3-31-21-10-4-17(16-22(21)30-2)5-11-23(28)26-20-12-14-27(15-13-20)24(29)18-6-8-19(25)9-7-18/h4,6-10,16,20H,3,5,11-15H2,1-2H3,(H,26,28). The molecule has 31 heavy (non-hydrogen) atoms. The number of hydrogen-bond donors (Lipinski definition) is 1. The number of halogens is 1. The molecule has 0 atom stereocenters. The maximum atomic E-state index is 13.0. The normalized spacial score (nSPS) is 14.2. The fraction of sp³-hybridized carbons (Fsp3) is 0.417. The van der Waals surface area contributed by atoms with E-state index in [-0.39, 0.29) is 23.7 Å². The number of nitrogens with one attached hydrogen (secondary N) is 1. The van der Waals surface area contributed by atoms with Crippen LogP contribution in [-0.2, 0) is 11.2 Å². The molecule has 1 aliphatic rings. The molecule has 0 bridgehead atoms. The second-order valence-corrected chi connectivity index (χ2v) is 7.56. The second-order valence-electron chi connectivity index (χ2n) is 7.56. The monoisotopic (exact) mass is 428 g/mol. The first-order chi connectivity index (χ1) is 15.0. The Morgan fingerprint density at radius 1 is 1.10 bits per heavy atom. The highest BCUT2D eigenvalue weighted by Gasteiger charge is 2.24. The Labute approximate surface area is 182 Å². The molecule has 0 saturated carbocycles. The smallest absolute Gasteiger partial charge is 0.253 e. The number of nitrogens with zero attached hydrogens (tertiary/aromatic N) is 1. The minimum atomic E-state index is -0.360. The lowest BCUT2D eigenvalue weighted by molar-refractivity contribution is -0.122.